The fraction of sp³-hybridized carbons (Fsp3) is 0.308. The van der Waals surface area contributed by atoms with Crippen molar-refractivity contribution in [2.45, 2.75) is 19.4 Å². The van der Waals surface area contributed by atoms with E-state index in [4.69, 9.17) is 5.73 Å². The SMILES string of the molecule is CCNC(=O)C1=NN(c2ccccc2)C(C(N)=O)C1. The summed E-state index contributed by atoms with van der Waals surface area (Å²) in [5, 5.41) is 8.39. The zero-order valence-electron chi connectivity index (χ0n) is 10.7. The summed E-state index contributed by atoms with van der Waals surface area (Å²) in [6.45, 7) is 2.35. The molecule has 6 heteroatoms. The lowest BCUT2D eigenvalue weighted by atomic mass is 10.1. The smallest absolute Gasteiger partial charge is 0.267 e. The third kappa shape index (κ3) is 2.73. The van der Waals surface area contributed by atoms with Gasteiger partial charge >= 0.3 is 0 Å². The van der Waals surface area contributed by atoms with Crippen LogP contribution in [0, 0.1) is 0 Å². The van der Waals surface area contributed by atoms with Gasteiger partial charge in [0.25, 0.3) is 5.91 Å². The molecule has 0 saturated carbocycles. The van der Waals surface area contributed by atoms with E-state index in [0.717, 1.165) is 5.69 Å². The summed E-state index contributed by atoms with van der Waals surface area (Å²) in [5.41, 5.74) is 6.45. The number of amides is 2. The third-order valence-corrected chi connectivity index (χ3v) is 2.86. The van der Waals surface area contributed by atoms with Crippen LogP contribution in [0.3, 0.4) is 0 Å². The summed E-state index contributed by atoms with van der Waals surface area (Å²) in [6, 6.07) is 8.58. The maximum Gasteiger partial charge on any atom is 0.267 e. The molecule has 0 bridgehead atoms. The second-order valence-corrected chi connectivity index (χ2v) is 4.21. The molecule has 1 aromatic rings. The normalized spacial score (nSPS) is 18.1. The third-order valence-electron chi connectivity index (χ3n) is 2.86. The number of para-hydroxylation sites is 1. The first-order valence-corrected chi connectivity index (χ1v) is 6.12. The highest BCUT2D eigenvalue weighted by atomic mass is 16.2. The summed E-state index contributed by atoms with van der Waals surface area (Å²) in [6.07, 6.45) is 0.232. The molecule has 0 fully saturated rings. The predicted molar refractivity (Wildman–Crippen MR) is 72.6 cm³/mol. The summed E-state index contributed by atoms with van der Waals surface area (Å²) in [5.74, 6) is -0.751. The van der Waals surface area contributed by atoms with Gasteiger partial charge in [-0.2, -0.15) is 5.10 Å². The van der Waals surface area contributed by atoms with E-state index in [1.165, 1.54) is 5.01 Å². The molecule has 2 amide bonds. The van der Waals surface area contributed by atoms with Crippen molar-refractivity contribution in [2.75, 3.05) is 11.6 Å². The summed E-state index contributed by atoms with van der Waals surface area (Å²) < 4.78 is 0. The fourth-order valence-corrected chi connectivity index (χ4v) is 1.95. The first kappa shape index (κ1) is 13.1. The van der Waals surface area contributed by atoms with E-state index in [1.54, 1.807) is 0 Å². The zero-order chi connectivity index (χ0) is 13.8. The number of hydrazone groups is 1. The van der Waals surface area contributed by atoms with Crippen LogP contribution in [0.15, 0.2) is 35.4 Å². The monoisotopic (exact) mass is 260 g/mol. The summed E-state index contributed by atoms with van der Waals surface area (Å²) in [4.78, 5) is 23.3. The minimum atomic E-state index is -0.611. The molecule has 0 aliphatic carbocycles. The average molecular weight is 260 g/mol. The number of carbonyl (C=O) groups is 2. The highest BCUT2D eigenvalue weighted by molar-refractivity contribution is 6.40. The largest absolute Gasteiger partial charge is 0.368 e. The maximum absolute atomic E-state index is 11.8. The fourth-order valence-electron chi connectivity index (χ4n) is 1.95. The van der Waals surface area contributed by atoms with Crippen LogP contribution in [0.25, 0.3) is 0 Å². The molecule has 1 atom stereocenters. The highest BCUT2D eigenvalue weighted by Crippen LogP contribution is 2.24. The minimum absolute atomic E-state index is 0.232. The number of nitrogens with one attached hydrogen (secondary N) is 1. The molecule has 0 spiro atoms. The molecular weight excluding hydrogens is 244 g/mol. The Balaban J connectivity index is 2.28. The van der Waals surface area contributed by atoms with Crippen molar-refractivity contribution in [1.29, 1.82) is 0 Å². The van der Waals surface area contributed by atoms with Crippen molar-refractivity contribution in [3.8, 4) is 0 Å². The van der Waals surface area contributed by atoms with Crippen molar-refractivity contribution in [3.63, 3.8) is 0 Å². The van der Waals surface area contributed by atoms with Gasteiger partial charge in [0.2, 0.25) is 5.91 Å². The van der Waals surface area contributed by atoms with Gasteiger partial charge in [0.1, 0.15) is 11.8 Å². The van der Waals surface area contributed by atoms with Crippen LogP contribution < -0.4 is 16.1 Å². The number of hydrogen-bond acceptors (Lipinski definition) is 4. The van der Waals surface area contributed by atoms with Crippen molar-refractivity contribution in [3.05, 3.63) is 30.3 Å². The van der Waals surface area contributed by atoms with E-state index in [2.05, 4.69) is 10.4 Å². The molecule has 0 saturated heterocycles. The molecule has 2 rings (SSSR count). The number of carbonyl (C=O) groups excluding carboxylic acids is 2. The maximum atomic E-state index is 11.8. The van der Waals surface area contributed by atoms with E-state index in [9.17, 15) is 9.59 Å². The quantitative estimate of drug-likeness (QED) is 0.813. The van der Waals surface area contributed by atoms with E-state index < -0.39 is 11.9 Å². The number of nitrogens with zero attached hydrogens (tertiary/aromatic N) is 2. The number of anilines is 1. The van der Waals surface area contributed by atoms with Gasteiger partial charge in [0, 0.05) is 13.0 Å². The summed E-state index contributed by atoms with van der Waals surface area (Å²) >= 11 is 0. The van der Waals surface area contributed by atoms with Crippen LogP contribution >= 0.6 is 0 Å². The van der Waals surface area contributed by atoms with Crippen LogP contribution in [0.1, 0.15) is 13.3 Å². The van der Waals surface area contributed by atoms with Crippen LogP contribution in [0.5, 0.6) is 0 Å². The molecule has 3 N–H and O–H groups in total. The summed E-state index contributed by atoms with van der Waals surface area (Å²) in [7, 11) is 0. The van der Waals surface area contributed by atoms with Gasteiger partial charge < -0.3 is 11.1 Å². The molecule has 1 aliphatic rings. The predicted octanol–water partition coefficient (Wildman–Crippen LogP) is 0.243. The van der Waals surface area contributed by atoms with Gasteiger partial charge in [-0.3, -0.25) is 14.6 Å². The molecule has 100 valence electrons. The minimum Gasteiger partial charge on any atom is -0.368 e. The highest BCUT2D eigenvalue weighted by Gasteiger charge is 2.34. The molecular formula is C13H16N4O2. The first-order valence-electron chi connectivity index (χ1n) is 6.12. The van der Waals surface area contributed by atoms with Crippen molar-refractivity contribution in [2.24, 2.45) is 10.8 Å². The van der Waals surface area contributed by atoms with Gasteiger partial charge in [-0.1, -0.05) is 18.2 Å². The molecule has 6 nitrogen and oxygen atoms in total. The Bertz CT molecular complexity index is 513. The number of hydrogen-bond donors (Lipinski definition) is 2. The van der Waals surface area contributed by atoms with E-state index in [0.29, 0.717) is 12.3 Å². The number of benzene rings is 1. The molecule has 0 aromatic heterocycles. The second kappa shape index (κ2) is 5.51. The van der Waals surface area contributed by atoms with Crippen LogP contribution in [-0.4, -0.2) is 30.1 Å². The lowest BCUT2D eigenvalue weighted by Crippen LogP contribution is -2.39. The lowest BCUT2D eigenvalue weighted by Gasteiger charge is -2.20. The molecule has 1 unspecified atom stereocenters. The lowest BCUT2D eigenvalue weighted by molar-refractivity contribution is -0.119. The van der Waals surface area contributed by atoms with Gasteiger partial charge in [0.05, 0.1) is 5.69 Å². The van der Waals surface area contributed by atoms with Crippen LogP contribution in [0.4, 0.5) is 5.69 Å². The van der Waals surface area contributed by atoms with Gasteiger partial charge in [-0.15, -0.1) is 0 Å². The molecule has 1 aromatic carbocycles. The Morgan fingerprint density at radius 3 is 2.68 bits per heavy atom. The Morgan fingerprint density at radius 1 is 1.42 bits per heavy atom. The Morgan fingerprint density at radius 2 is 2.11 bits per heavy atom. The molecule has 19 heavy (non-hydrogen) atoms. The van der Waals surface area contributed by atoms with Gasteiger partial charge in [-0.05, 0) is 19.1 Å². The van der Waals surface area contributed by atoms with Gasteiger partial charge in [0.15, 0.2) is 0 Å². The van der Waals surface area contributed by atoms with Crippen LogP contribution in [-0.2, 0) is 9.59 Å². The second-order valence-electron chi connectivity index (χ2n) is 4.21. The molecule has 0 radical (unpaired) electrons. The van der Waals surface area contributed by atoms with Crippen molar-refractivity contribution >= 4 is 23.2 Å². The van der Waals surface area contributed by atoms with Gasteiger partial charge in [-0.25, -0.2) is 0 Å². The standard InChI is InChI=1S/C13H16N4O2/c1-2-15-13(19)10-8-11(12(14)18)17(16-10)9-6-4-3-5-7-9/h3-7,11H,2,8H2,1H3,(H2,14,18)(H,15,19). The van der Waals surface area contributed by atoms with E-state index in [1.807, 2.05) is 37.3 Å². The topological polar surface area (TPSA) is 87.8 Å². The molecule has 1 heterocycles. The Kier molecular flexibility index (Phi) is 3.79. The average Bonchev–Trinajstić information content (AvgIpc) is 2.85. The van der Waals surface area contributed by atoms with Crippen LogP contribution in [0.2, 0.25) is 0 Å². The first-order chi connectivity index (χ1) is 9.13. The van der Waals surface area contributed by atoms with Crippen molar-refractivity contribution in [1.82, 2.24) is 5.32 Å². The Hall–Kier alpha value is -2.37. The van der Waals surface area contributed by atoms with E-state index >= 15 is 0 Å². The molecule has 1 aliphatic heterocycles. The number of nitrogens with two attached hydrogens (primary N) is 1. The zero-order valence-corrected chi connectivity index (χ0v) is 10.7. The number of rotatable bonds is 4. The Labute approximate surface area is 111 Å². The van der Waals surface area contributed by atoms with E-state index in [-0.39, 0.29) is 12.3 Å². The number of primary amides is 1. The van der Waals surface area contributed by atoms with Crippen molar-refractivity contribution < 1.29 is 9.59 Å².